The highest BCUT2D eigenvalue weighted by Gasteiger charge is 2.18. The molecular weight excluding hydrogens is 408 g/mol. The van der Waals surface area contributed by atoms with Gasteiger partial charge in [0.15, 0.2) is 0 Å². The molecule has 3 N–H and O–H groups in total. The summed E-state index contributed by atoms with van der Waals surface area (Å²) < 4.78 is 0. The van der Waals surface area contributed by atoms with Gasteiger partial charge in [-0.2, -0.15) is 0 Å². The standard InChI is InChI=1S/C21H17ClN4O4/c1-13(27)23-16-8-9-17(22)19(12-16)25-21(28)14-7-10-18(20(11-14)26(29)30)24-15-5-3-2-4-6-15/h2-12,24H,1H3,(H,23,27)(H,25,28). The van der Waals surface area contributed by atoms with Crippen molar-refractivity contribution >= 4 is 51.9 Å². The zero-order valence-electron chi connectivity index (χ0n) is 15.8. The summed E-state index contributed by atoms with van der Waals surface area (Å²) in [5.41, 5.74) is 1.50. The summed E-state index contributed by atoms with van der Waals surface area (Å²) in [5, 5.41) is 20.0. The molecule has 2 amide bonds. The smallest absolute Gasteiger partial charge is 0.293 e. The molecule has 9 heteroatoms. The molecule has 30 heavy (non-hydrogen) atoms. The Balaban J connectivity index is 1.85. The summed E-state index contributed by atoms with van der Waals surface area (Å²) in [6.07, 6.45) is 0. The Kier molecular flexibility index (Phi) is 6.29. The summed E-state index contributed by atoms with van der Waals surface area (Å²) in [7, 11) is 0. The number of hydrogen-bond donors (Lipinski definition) is 3. The number of amides is 2. The number of nitro groups is 1. The van der Waals surface area contributed by atoms with Crippen LogP contribution in [0.15, 0.2) is 66.7 Å². The average Bonchev–Trinajstić information content (AvgIpc) is 2.71. The van der Waals surface area contributed by atoms with Gasteiger partial charge >= 0.3 is 0 Å². The number of halogens is 1. The molecule has 0 bridgehead atoms. The number of nitrogens with zero attached hydrogens (tertiary/aromatic N) is 1. The molecule has 0 radical (unpaired) electrons. The minimum atomic E-state index is -0.578. The van der Waals surface area contributed by atoms with Gasteiger partial charge in [-0.15, -0.1) is 0 Å². The molecule has 0 fully saturated rings. The van der Waals surface area contributed by atoms with Gasteiger partial charge in [-0.1, -0.05) is 29.8 Å². The second kappa shape index (κ2) is 9.06. The molecule has 0 spiro atoms. The Morgan fingerprint density at radius 2 is 1.63 bits per heavy atom. The minimum Gasteiger partial charge on any atom is -0.350 e. The van der Waals surface area contributed by atoms with Crippen molar-refractivity contribution in [3.05, 3.63) is 87.4 Å². The largest absolute Gasteiger partial charge is 0.350 e. The number of rotatable bonds is 6. The molecule has 0 aliphatic heterocycles. The normalized spacial score (nSPS) is 10.2. The molecule has 0 unspecified atom stereocenters. The Morgan fingerprint density at radius 3 is 2.30 bits per heavy atom. The van der Waals surface area contributed by atoms with E-state index in [1.165, 1.54) is 37.3 Å². The molecule has 0 aliphatic rings. The number of nitrogens with one attached hydrogen (secondary N) is 3. The summed E-state index contributed by atoms with van der Waals surface area (Å²) in [4.78, 5) is 34.8. The van der Waals surface area contributed by atoms with E-state index in [-0.39, 0.29) is 33.6 Å². The molecule has 3 aromatic carbocycles. The molecule has 8 nitrogen and oxygen atoms in total. The minimum absolute atomic E-state index is 0.0845. The van der Waals surface area contributed by atoms with Crippen molar-refractivity contribution in [1.29, 1.82) is 0 Å². The number of anilines is 4. The third kappa shape index (κ3) is 5.12. The third-order valence-corrected chi connectivity index (χ3v) is 4.37. The molecular formula is C21H17ClN4O4. The van der Waals surface area contributed by atoms with Crippen LogP contribution in [0.3, 0.4) is 0 Å². The Hall–Kier alpha value is -3.91. The first-order chi connectivity index (χ1) is 14.3. The van der Waals surface area contributed by atoms with Crippen LogP contribution in [0, 0.1) is 10.1 Å². The number of hydrogen-bond acceptors (Lipinski definition) is 5. The molecule has 0 saturated carbocycles. The average molecular weight is 425 g/mol. The zero-order valence-corrected chi connectivity index (χ0v) is 16.6. The van der Waals surface area contributed by atoms with Crippen molar-refractivity contribution in [2.45, 2.75) is 6.92 Å². The molecule has 152 valence electrons. The highest BCUT2D eigenvalue weighted by Crippen LogP contribution is 2.30. The van der Waals surface area contributed by atoms with Gasteiger partial charge in [0.2, 0.25) is 5.91 Å². The Bertz CT molecular complexity index is 1120. The Morgan fingerprint density at radius 1 is 0.900 bits per heavy atom. The van der Waals surface area contributed by atoms with Gasteiger partial charge in [0.25, 0.3) is 11.6 Å². The first kappa shape index (κ1) is 20.8. The molecule has 3 aromatic rings. The van der Waals surface area contributed by atoms with Crippen molar-refractivity contribution in [3.8, 4) is 0 Å². The van der Waals surface area contributed by atoms with E-state index in [0.717, 1.165) is 0 Å². The highest BCUT2D eigenvalue weighted by molar-refractivity contribution is 6.34. The van der Waals surface area contributed by atoms with Crippen LogP contribution in [0.25, 0.3) is 0 Å². The second-order valence-electron chi connectivity index (χ2n) is 6.31. The summed E-state index contributed by atoms with van der Waals surface area (Å²) in [6, 6.07) is 17.7. The van der Waals surface area contributed by atoms with Crippen LogP contribution in [-0.2, 0) is 4.79 Å². The number of para-hydroxylation sites is 1. The topological polar surface area (TPSA) is 113 Å². The predicted octanol–water partition coefficient (Wildman–Crippen LogP) is 5.20. The fraction of sp³-hybridized carbons (Fsp3) is 0.0476. The van der Waals surface area contributed by atoms with Crippen molar-refractivity contribution in [1.82, 2.24) is 0 Å². The lowest BCUT2D eigenvalue weighted by atomic mass is 10.1. The van der Waals surface area contributed by atoms with Crippen LogP contribution in [0.2, 0.25) is 5.02 Å². The van der Waals surface area contributed by atoms with Gasteiger partial charge in [-0.05, 0) is 42.5 Å². The summed E-state index contributed by atoms with van der Waals surface area (Å²) >= 11 is 6.12. The van der Waals surface area contributed by atoms with E-state index in [2.05, 4.69) is 16.0 Å². The van der Waals surface area contributed by atoms with Gasteiger partial charge in [-0.25, -0.2) is 0 Å². The van der Waals surface area contributed by atoms with Crippen LogP contribution in [0.5, 0.6) is 0 Å². The fourth-order valence-corrected chi connectivity index (χ4v) is 2.87. The first-order valence-corrected chi connectivity index (χ1v) is 9.20. The van der Waals surface area contributed by atoms with E-state index >= 15 is 0 Å². The number of nitro benzene ring substituents is 1. The van der Waals surface area contributed by atoms with E-state index < -0.39 is 10.8 Å². The summed E-state index contributed by atoms with van der Waals surface area (Å²) in [5.74, 6) is -0.849. The molecule has 0 heterocycles. The van der Waals surface area contributed by atoms with E-state index in [0.29, 0.717) is 11.4 Å². The van der Waals surface area contributed by atoms with E-state index in [4.69, 9.17) is 11.6 Å². The zero-order chi connectivity index (χ0) is 21.7. The maximum Gasteiger partial charge on any atom is 0.293 e. The van der Waals surface area contributed by atoms with Crippen LogP contribution in [-0.4, -0.2) is 16.7 Å². The van der Waals surface area contributed by atoms with Crippen LogP contribution >= 0.6 is 11.6 Å². The fourth-order valence-electron chi connectivity index (χ4n) is 2.70. The van der Waals surface area contributed by atoms with Gasteiger partial charge in [-0.3, -0.25) is 19.7 Å². The summed E-state index contributed by atoms with van der Waals surface area (Å²) in [6.45, 7) is 1.36. The first-order valence-electron chi connectivity index (χ1n) is 8.82. The quantitative estimate of drug-likeness (QED) is 0.371. The molecule has 0 aliphatic carbocycles. The van der Waals surface area contributed by atoms with Crippen molar-refractivity contribution in [2.24, 2.45) is 0 Å². The number of carbonyl (C=O) groups excluding carboxylic acids is 2. The molecule has 3 rings (SSSR count). The van der Waals surface area contributed by atoms with Crippen molar-refractivity contribution in [3.63, 3.8) is 0 Å². The molecule has 0 aromatic heterocycles. The SMILES string of the molecule is CC(=O)Nc1ccc(Cl)c(NC(=O)c2ccc(Nc3ccccc3)c([N+](=O)[O-])c2)c1. The van der Waals surface area contributed by atoms with Crippen LogP contribution in [0.4, 0.5) is 28.4 Å². The van der Waals surface area contributed by atoms with Crippen molar-refractivity contribution < 1.29 is 14.5 Å². The maximum absolute atomic E-state index is 12.6. The van der Waals surface area contributed by atoms with Gasteiger partial charge in [0.05, 0.1) is 15.6 Å². The predicted molar refractivity (Wildman–Crippen MR) is 117 cm³/mol. The van der Waals surface area contributed by atoms with Crippen LogP contribution < -0.4 is 16.0 Å². The second-order valence-corrected chi connectivity index (χ2v) is 6.72. The van der Waals surface area contributed by atoms with Gasteiger partial charge in [0.1, 0.15) is 5.69 Å². The Labute approximate surface area is 177 Å². The molecule has 0 saturated heterocycles. The molecule has 0 atom stereocenters. The van der Waals surface area contributed by atoms with Gasteiger partial charge in [0, 0.05) is 29.9 Å². The monoisotopic (exact) mass is 424 g/mol. The third-order valence-electron chi connectivity index (χ3n) is 4.04. The van der Waals surface area contributed by atoms with Crippen molar-refractivity contribution in [2.75, 3.05) is 16.0 Å². The highest BCUT2D eigenvalue weighted by atomic mass is 35.5. The van der Waals surface area contributed by atoms with E-state index in [1.54, 1.807) is 30.3 Å². The maximum atomic E-state index is 12.6. The van der Waals surface area contributed by atoms with E-state index in [9.17, 15) is 19.7 Å². The lowest BCUT2D eigenvalue weighted by Gasteiger charge is -2.11. The van der Waals surface area contributed by atoms with Crippen LogP contribution in [0.1, 0.15) is 17.3 Å². The number of carbonyl (C=O) groups is 2. The number of benzene rings is 3. The van der Waals surface area contributed by atoms with E-state index in [1.807, 2.05) is 6.07 Å². The van der Waals surface area contributed by atoms with Gasteiger partial charge < -0.3 is 16.0 Å². The lowest BCUT2D eigenvalue weighted by molar-refractivity contribution is -0.383. The lowest BCUT2D eigenvalue weighted by Crippen LogP contribution is -2.13.